The summed E-state index contributed by atoms with van der Waals surface area (Å²) in [7, 11) is 0. The Balaban J connectivity index is 1.46. The highest BCUT2D eigenvalue weighted by atomic mass is 16.4. The molecule has 1 aliphatic rings. The molecule has 5 rings (SSSR count). The Morgan fingerprint density at radius 2 is 1.52 bits per heavy atom. The van der Waals surface area contributed by atoms with E-state index >= 15 is 0 Å². The molecule has 1 heterocycles. The molecule has 0 saturated heterocycles. The molecule has 33 heavy (non-hydrogen) atoms. The number of urea groups is 1. The van der Waals surface area contributed by atoms with Crippen LogP contribution in [0, 0.1) is 0 Å². The van der Waals surface area contributed by atoms with Crippen LogP contribution in [0.2, 0.25) is 0 Å². The molecule has 1 saturated carbocycles. The smallest absolute Gasteiger partial charge is 0.337 e. The van der Waals surface area contributed by atoms with Crippen molar-refractivity contribution in [1.29, 1.82) is 0 Å². The van der Waals surface area contributed by atoms with Crippen LogP contribution < -0.4 is 10.6 Å². The molecule has 1 aliphatic carbocycles. The molecule has 7 heteroatoms. The fraction of sp³-hybridized carbons (Fsp3) is 0.192. The summed E-state index contributed by atoms with van der Waals surface area (Å²) in [4.78, 5) is 28.8. The number of rotatable bonds is 5. The van der Waals surface area contributed by atoms with Gasteiger partial charge in [0.2, 0.25) is 0 Å². The monoisotopic (exact) mass is 440 g/mol. The van der Waals surface area contributed by atoms with Gasteiger partial charge in [-0.1, -0.05) is 37.1 Å². The van der Waals surface area contributed by atoms with Crippen LogP contribution in [0.4, 0.5) is 16.2 Å². The van der Waals surface area contributed by atoms with Gasteiger partial charge in [0.05, 0.1) is 11.1 Å². The number of carbonyl (C=O) groups excluding carboxylic acids is 1. The van der Waals surface area contributed by atoms with Gasteiger partial charge in [-0.05, 0) is 61.4 Å². The SMILES string of the molecule is O=C(Nc1ccccc1)Nc1ccc(-c2nc3c(C(=O)O)cccc3n2C2CCCC2)cc1. The number of aromatic nitrogens is 2. The van der Waals surface area contributed by atoms with E-state index in [1.807, 2.05) is 60.7 Å². The molecule has 2 amide bonds. The highest BCUT2D eigenvalue weighted by Gasteiger charge is 2.25. The Morgan fingerprint density at radius 1 is 0.848 bits per heavy atom. The lowest BCUT2D eigenvalue weighted by atomic mass is 10.1. The van der Waals surface area contributed by atoms with Gasteiger partial charge in [-0.2, -0.15) is 0 Å². The van der Waals surface area contributed by atoms with Crippen LogP contribution in [0.15, 0.2) is 72.8 Å². The summed E-state index contributed by atoms with van der Waals surface area (Å²) in [6.07, 6.45) is 4.41. The van der Waals surface area contributed by atoms with Crippen molar-refractivity contribution in [3.8, 4) is 11.4 Å². The number of aromatic carboxylic acids is 1. The third-order valence-electron chi connectivity index (χ3n) is 6.07. The van der Waals surface area contributed by atoms with E-state index in [4.69, 9.17) is 4.98 Å². The molecule has 7 nitrogen and oxygen atoms in total. The average Bonchev–Trinajstić information content (AvgIpc) is 3.47. The number of anilines is 2. The summed E-state index contributed by atoms with van der Waals surface area (Å²) in [5, 5.41) is 15.3. The Morgan fingerprint density at radius 3 is 2.18 bits per heavy atom. The standard InChI is InChI=1S/C26H24N4O3/c31-25(32)21-11-6-12-22-23(21)29-24(30(22)20-9-4-5-10-20)17-13-15-19(16-14-17)28-26(33)27-18-7-2-1-3-8-18/h1-3,6-8,11-16,20H,4-5,9-10H2,(H,31,32)(H2,27,28,33). The molecule has 0 atom stereocenters. The highest BCUT2D eigenvalue weighted by molar-refractivity contribution is 6.02. The predicted octanol–water partition coefficient (Wildman–Crippen LogP) is 6.16. The maximum atomic E-state index is 12.3. The molecule has 1 fully saturated rings. The maximum Gasteiger partial charge on any atom is 0.337 e. The Labute approximate surface area is 191 Å². The number of fused-ring (bicyclic) bond motifs is 1. The number of benzene rings is 3. The number of hydrogen-bond donors (Lipinski definition) is 3. The lowest BCUT2D eigenvalue weighted by Gasteiger charge is -2.17. The third-order valence-corrected chi connectivity index (χ3v) is 6.07. The number of carboxylic acid groups (broad SMARTS) is 1. The van der Waals surface area contributed by atoms with E-state index in [9.17, 15) is 14.7 Å². The van der Waals surface area contributed by atoms with E-state index in [2.05, 4.69) is 15.2 Å². The second-order valence-electron chi connectivity index (χ2n) is 8.24. The molecule has 4 aromatic rings. The van der Waals surface area contributed by atoms with Crippen LogP contribution in [0.5, 0.6) is 0 Å². The van der Waals surface area contributed by atoms with Crippen LogP contribution in [-0.2, 0) is 0 Å². The van der Waals surface area contributed by atoms with Crippen molar-refractivity contribution in [1.82, 2.24) is 9.55 Å². The van der Waals surface area contributed by atoms with Crippen molar-refractivity contribution in [2.45, 2.75) is 31.7 Å². The summed E-state index contributed by atoms with van der Waals surface area (Å²) >= 11 is 0. The van der Waals surface area contributed by atoms with E-state index in [1.54, 1.807) is 12.1 Å². The first-order valence-corrected chi connectivity index (χ1v) is 11.1. The Hall–Kier alpha value is -4.13. The summed E-state index contributed by atoms with van der Waals surface area (Å²) in [5.41, 5.74) is 3.82. The van der Waals surface area contributed by atoms with Gasteiger partial charge in [-0.15, -0.1) is 0 Å². The molecule has 0 spiro atoms. The molecule has 0 unspecified atom stereocenters. The zero-order valence-electron chi connectivity index (χ0n) is 18.0. The van der Waals surface area contributed by atoms with Crippen LogP contribution >= 0.6 is 0 Å². The summed E-state index contributed by atoms with van der Waals surface area (Å²) in [6, 6.07) is 22.0. The lowest BCUT2D eigenvalue weighted by molar-refractivity contribution is 0.0699. The quantitative estimate of drug-likeness (QED) is 0.346. The minimum absolute atomic E-state index is 0.210. The molecule has 0 aliphatic heterocycles. The normalized spacial score (nSPS) is 13.8. The first kappa shape index (κ1) is 20.8. The first-order valence-electron chi connectivity index (χ1n) is 11.1. The van der Waals surface area contributed by atoms with Gasteiger partial charge in [0.25, 0.3) is 0 Å². The van der Waals surface area contributed by atoms with E-state index in [0.29, 0.717) is 22.9 Å². The minimum atomic E-state index is -0.979. The van der Waals surface area contributed by atoms with Gasteiger partial charge < -0.3 is 20.3 Å². The Kier molecular flexibility index (Phi) is 5.52. The van der Waals surface area contributed by atoms with E-state index in [1.165, 1.54) is 0 Å². The first-order chi connectivity index (χ1) is 16.1. The minimum Gasteiger partial charge on any atom is -0.478 e. The largest absolute Gasteiger partial charge is 0.478 e. The van der Waals surface area contributed by atoms with Gasteiger partial charge >= 0.3 is 12.0 Å². The topological polar surface area (TPSA) is 96.2 Å². The summed E-state index contributed by atoms with van der Waals surface area (Å²) < 4.78 is 2.19. The van der Waals surface area contributed by atoms with Crippen molar-refractivity contribution in [2.24, 2.45) is 0 Å². The third kappa shape index (κ3) is 4.17. The van der Waals surface area contributed by atoms with Crippen molar-refractivity contribution < 1.29 is 14.7 Å². The molecule has 0 radical (unpaired) electrons. The van der Waals surface area contributed by atoms with E-state index in [-0.39, 0.29) is 11.6 Å². The number of nitrogens with one attached hydrogen (secondary N) is 2. The molecule has 3 N–H and O–H groups in total. The van der Waals surface area contributed by atoms with E-state index < -0.39 is 5.97 Å². The van der Waals surface area contributed by atoms with Crippen molar-refractivity contribution in [3.05, 3.63) is 78.4 Å². The maximum absolute atomic E-state index is 12.3. The van der Waals surface area contributed by atoms with Crippen molar-refractivity contribution in [3.63, 3.8) is 0 Å². The zero-order chi connectivity index (χ0) is 22.8. The van der Waals surface area contributed by atoms with E-state index in [0.717, 1.165) is 42.6 Å². The number of nitrogens with zero attached hydrogens (tertiary/aromatic N) is 2. The van der Waals surface area contributed by atoms with Crippen molar-refractivity contribution in [2.75, 3.05) is 10.6 Å². The van der Waals surface area contributed by atoms with Crippen molar-refractivity contribution >= 4 is 34.4 Å². The molecule has 1 aromatic heterocycles. The summed E-state index contributed by atoms with van der Waals surface area (Å²) in [6.45, 7) is 0. The van der Waals surface area contributed by atoms with Gasteiger partial charge in [-0.3, -0.25) is 0 Å². The van der Waals surface area contributed by atoms with Crippen LogP contribution in [0.1, 0.15) is 42.1 Å². The lowest BCUT2D eigenvalue weighted by Crippen LogP contribution is -2.19. The van der Waals surface area contributed by atoms with Crippen LogP contribution in [-0.4, -0.2) is 26.7 Å². The second kappa shape index (κ2) is 8.78. The number of para-hydroxylation sites is 2. The number of hydrogen-bond acceptors (Lipinski definition) is 3. The fourth-order valence-electron chi connectivity index (χ4n) is 4.54. The fourth-order valence-corrected chi connectivity index (χ4v) is 4.54. The van der Waals surface area contributed by atoms with Gasteiger partial charge in [0.15, 0.2) is 0 Å². The van der Waals surface area contributed by atoms with Crippen LogP contribution in [0.3, 0.4) is 0 Å². The second-order valence-corrected chi connectivity index (χ2v) is 8.24. The molecule has 166 valence electrons. The Bertz CT molecular complexity index is 1310. The zero-order valence-corrected chi connectivity index (χ0v) is 18.0. The average molecular weight is 441 g/mol. The molecule has 0 bridgehead atoms. The highest BCUT2D eigenvalue weighted by Crippen LogP contribution is 2.37. The molecular weight excluding hydrogens is 416 g/mol. The number of carboxylic acids is 1. The van der Waals surface area contributed by atoms with Gasteiger partial charge in [0, 0.05) is 23.0 Å². The van der Waals surface area contributed by atoms with Crippen LogP contribution in [0.25, 0.3) is 22.4 Å². The van der Waals surface area contributed by atoms with Gasteiger partial charge in [-0.25, -0.2) is 14.6 Å². The number of carbonyl (C=O) groups is 2. The predicted molar refractivity (Wildman–Crippen MR) is 129 cm³/mol. The molecule has 3 aromatic carbocycles. The summed E-state index contributed by atoms with van der Waals surface area (Å²) in [5.74, 6) is -0.224. The molecular formula is C26H24N4O3. The van der Waals surface area contributed by atoms with Gasteiger partial charge in [0.1, 0.15) is 11.3 Å². The number of imidazole rings is 1. The number of amides is 2.